The molecule has 7 fully saturated rings. The van der Waals surface area contributed by atoms with Crippen molar-refractivity contribution in [1.82, 2.24) is 10.6 Å². The van der Waals surface area contributed by atoms with Crippen LogP contribution in [-0.2, 0) is 71.7 Å². The molecule has 0 radical (unpaired) electrons. The molecule has 0 spiro atoms. The lowest BCUT2D eigenvalue weighted by molar-refractivity contribution is -0.172. The van der Waals surface area contributed by atoms with Gasteiger partial charge in [0, 0.05) is 93.5 Å². The molecule has 0 heterocycles. The number of rotatable bonds is 27. The van der Waals surface area contributed by atoms with Gasteiger partial charge < -0.3 is 35.1 Å². The summed E-state index contributed by atoms with van der Waals surface area (Å²) in [5.41, 5.74) is -5.36. The van der Waals surface area contributed by atoms with Crippen molar-refractivity contribution in [2.75, 3.05) is 51.0 Å². The Balaban J connectivity index is 0.719. The average Bonchev–Trinajstić information content (AvgIpc) is 1.67. The monoisotopic (exact) mass is 1240 g/mol. The van der Waals surface area contributed by atoms with Crippen LogP contribution < -0.4 is 10.6 Å². The highest BCUT2D eigenvalue weighted by atomic mass is 32.2. The number of allylic oxidation sites excluding steroid dienone is 8. The van der Waals surface area contributed by atoms with Gasteiger partial charge in [0.25, 0.3) is 0 Å². The Morgan fingerprint density at radius 3 is 1.49 bits per heavy atom. The molecule has 0 aliphatic heterocycles. The van der Waals surface area contributed by atoms with Gasteiger partial charge in [-0.3, -0.25) is 57.5 Å². The Kier molecular flexibility index (Phi) is 20.0. The van der Waals surface area contributed by atoms with Crippen molar-refractivity contribution in [3.8, 4) is 0 Å². The van der Waals surface area contributed by atoms with E-state index in [1.807, 2.05) is 32.9 Å². The maximum atomic E-state index is 14.1. The van der Waals surface area contributed by atoms with E-state index >= 15 is 0 Å². The van der Waals surface area contributed by atoms with Crippen LogP contribution in [0.1, 0.15) is 144 Å². The minimum atomic E-state index is -1.94. The number of ketones is 8. The number of aliphatic hydroxyl groups is 2. The number of fused-ring (bicyclic) bond motifs is 10. The van der Waals surface area contributed by atoms with Crippen LogP contribution in [0.2, 0.25) is 0 Å². The first-order valence-corrected chi connectivity index (χ1v) is 33.4. The number of hydrogen-bond donors (Lipinski definition) is 4. The van der Waals surface area contributed by atoms with E-state index in [1.54, 1.807) is 37.8 Å². The summed E-state index contributed by atoms with van der Waals surface area (Å²) in [5.74, 6) is -6.79. The maximum absolute atomic E-state index is 14.1. The first-order valence-electron chi connectivity index (χ1n) is 31.3. The molecule has 2 amide bonds. The molecule has 0 bridgehead atoms. The smallest absolute Gasteiger partial charge is 0.325 e. The number of carbonyl (C=O) groups excluding carboxylic acids is 12. The number of nitrogens with one attached hydrogen (secondary N) is 2. The number of Topliss-reactive ketones (excluding diaryl/α,β-unsaturated/α-hetero) is 6. The summed E-state index contributed by atoms with van der Waals surface area (Å²) in [4.78, 5) is 158. The minimum absolute atomic E-state index is 0.00328. The van der Waals surface area contributed by atoms with Crippen molar-refractivity contribution < 1.29 is 82.0 Å². The van der Waals surface area contributed by atoms with E-state index in [-0.39, 0.29) is 145 Å². The van der Waals surface area contributed by atoms with Crippen molar-refractivity contribution in [1.29, 1.82) is 0 Å². The number of carbonyl (C=O) groups is 12. The van der Waals surface area contributed by atoms with E-state index in [2.05, 4.69) is 10.6 Å². The molecular formula is C66H86N2O17S2. The Hall–Kier alpha value is -5.22. The first kappa shape index (κ1) is 66.2. The Morgan fingerprint density at radius 1 is 0.621 bits per heavy atom. The molecular weight excluding hydrogens is 1160 g/mol. The van der Waals surface area contributed by atoms with E-state index in [4.69, 9.17) is 14.2 Å². The summed E-state index contributed by atoms with van der Waals surface area (Å²) in [6.07, 6.45) is 15.8. The molecule has 7 saturated carbocycles. The Morgan fingerprint density at radius 2 is 1.06 bits per heavy atom. The van der Waals surface area contributed by atoms with Crippen molar-refractivity contribution >= 4 is 93.5 Å². The summed E-state index contributed by atoms with van der Waals surface area (Å²) >= 11 is 3.10. The predicted molar refractivity (Wildman–Crippen MR) is 321 cm³/mol. The molecule has 9 aliphatic carbocycles. The van der Waals surface area contributed by atoms with E-state index in [0.717, 1.165) is 24.0 Å². The third-order valence-corrected chi connectivity index (χ3v) is 25.6. The van der Waals surface area contributed by atoms with Crippen LogP contribution in [0.5, 0.6) is 0 Å². The van der Waals surface area contributed by atoms with E-state index in [9.17, 15) is 67.7 Å². The van der Waals surface area contributed by atoms with Crippen LogP contribution >= 0.6 is 23.5 Å². The number of ether oxygens (including phenoxy) is 3. The zero-order valence-corrected chi connectivity index (χ0v) is 52.7. The zero-order valence-electron chi connectivity index (χ0n) is 51.0. The van der Waals surface area contributed by atoms with Crippen molar-refractivity contribution in [2.45, 2.75) is 166 Å². The fourth-order valence-electron chi connectivity index (χ4n) is 17.0. The second-order valence-electron chi connectivity index (χ2n) is 27.2. The molecule has 4 N–H and O–H groups in total. The fourth-order valence-corrected chi connectivity index (χ4v) is 20.4. The van der Waals surface area contributed by atoms with E-state index in [1.165, 1.54) is 30.8 Å². The van der Waals surface area contributed by atoms with Gasteiger partial charge in [-0.05, 0) is 126 Å². The highest BCUT2D eigenvalue weighted by Crippen LogP contribution is 2.68. The van der Waals surface area contributed by atoms with Crippen LogP contribution in [0.25, 0.3) is 0 Å². The highest BCUT2D eigenvalue weighted by Gasteiger charge is 2.70. The topological polar surface area (TPSA) is 297 Å². The molecule has 0 saturated heterocycles. The molecule has 0 aromatic heterocycles. The lowest BCUT2D eigenvalue weighted by atomic mass is 9.46. The molecule has 0 aromatic rings. The van der Waals surface area contributed by atoms with E-state index in [0.29, 0.717) is 50.7 Å². The van der Waals surface area contributed by atoms with Crippen LogP contribution in [0.3, 0.4) is 0 Å². The summed E-state index contributed by atoms with van der Waals surface area (Å²) in [6.45, 7) is 8.44. The molecule has 21 heteroatoms. The Bertz CT molecular complexity index is 2990. The van der Waals surface area contributed by atoms with Crippen molar-refractivity contribution in [3.05, 3.63) is 47.6 Å². The summed E-state index contributed by atoms with van der Waals surface area (Å²) in [7, 11) is 0. The van der Waals surface area contributed by atoms with Gasteiger partial charge in [0.2, 0.25) is 23.4 Å². The molecule has 19 nitrogen and oxygen atoms in total. The number of hydrogen-bond acceptors (Lipinski definition) is 19. The molecule has 0 aromatic carbocycles. The molecule has 16 atom stereocenters. The van der Waals surface area contributed by atoms with E-state index < -0.39 is 106 Å². The highest BCUT2D eigenvalue weighted by molar-refractivity contribution is 8.04. The largest absolute Gasteiger partial charge is 0.456 e. The lowest BCUT2D eigenvalue weighted by Crippen LogP contribution is -2.60. The van der Waals surface area contributed by atoms with Gasteiger partial charge in [0.05, 0.1) is 19.1 Å². The molecule has 474 valence electrons. The van der Waals surface area contributed by atoms with Crippen LogP contribution in [-0.4, -0.2) is 153 Å². The fraction of sp³-hybridized carbons (Fsp3) is 0.697. The lowest BCUT2D eigenvalue weighted by Gasteiger charge is -2.56. The molecule has 10 unspecified atom stereocenters. The maximum Gasteiger partial charge on any atom is 0.325 e. The zero-order chi connectivity index (χ0) is 63.0. The summed E-state index contributed by atoms with van der Waals surface area (Å²) < 4.78 is 16.2. The molecule has 87 heavy (non-hydrogen) atoms. The van der Waals surface area contributed by atoms with Gasteiger partial charge in [0.1, 0.15) is 47.4 Å². The quantitative estimate of drug-likeness (QED) is 0.0553. The van der Waals surface area contributed by atoms with Gasteiger partial charge in [-0.15, -0.1) is 0 Å². The Labute approximate surface area is 517 Å². The predicted octanol–water partition coefficient (Wildman–Crippen LogP) is 5.86. The third kappa shape index (κ3) is 12.8. The van der Waals surface area contributed by atoms with Crippen LogP contribution in [0, 0.1) is 69.0 Å². The van der Waals surface area contributed by atoms with Gasteiger partial charge in [-0.2, -0.15) is 23.5 Å². The van der Waals surface area contributed by atoms with Crippen LogP contribution in [0.15, 0.2) is 47.6 Å². The van der Waals surface area contributed by atoms with Gasteiger partial charge in [-0.1, -0.05) is 57.9 Å². The second kappa shape index (κ2) is 26.3. The summed E-state index contributed by atoms with van der Waals surface area (Å²) in [6, 6.07) is 0. The minimum Gasteiger partial charge on any atom is -0.456 e. The first-order chi connectivity index (χ1) is 41.1. The molecule has 9 aliphatic rings. The standard InChI is InChI=1S/C66H86N2O17S2/c1-7-38(59(79)67-31-55(77)84-33-53(75)65(81)22-16-47-45-10-8-40-27-42(70)14-20-61(40,3)57(45)49(73)29-63(47,65)5)35-86-51-12-13-52(51)87-36-39(26-44(72)19-25-83-24-18-37(2)69)60(80)68-32-56(78)85-34-54(76)66(82)23-17-48-46-11-9-41-28-43(71)15-21-62(41,4)58(46)50(74)30-64(48,66)6/h14-15,20-21,27-28,38-39,45-48,51-52,57-58,81-82H,7-13,16-19,22-26,29-36H2,1-6H3,(H,67,79)(H,68,80)/t38?,39?,45?,46?,47?,48?,51?,52?,57?,58?,61-,62-,63-,64-,65-,66-/m0/s1. The number of esters is 2. The summed E-state index contributed by atoms with van der Waals surface area (Å²) in [5, 5.41) is 29.6. The van der Waals surface area contributed by atoms with Gasteiger partial charge >= 0.3 is 11.9 Å². The third-order valence-electron chi connectivity index (χ3n) is 22.3. The van der Waals surface area contributed by atoms with Gasteiger partial charge in [0.15, 0.2) is 24.8 Å². The number of thioether (sulfide) groups is 2. The average molecular weight is 1240 g/mol. The SMILES string of the molecule is CCC(CSC1CCC1SCC(CC(=O)CCOCCC(C)=O)C(=O)NCC(=O)OCC(=O)[C@@]1(O)CCC2C3CCC4=CC(=O)C=C[C@]4(C)C3C(=O)C[C@@]21C)C(=O)NCC(=O)OCC(=O)[C@@]1(O)CCC2C3CCC4=CC(=O)C=C[C@]4(C)C3C(=O)C[C@@]21C. The second-order valence-corrected chi connectivity index (χ2v) is 29.7. The van der Waals surface area contributed by atoms with Gasteiger partial charge in [-0.25, -0.2) is 0 Å². The van der Waals surface area contributed by atoms with Crippen LogP contribution in [0.4, 0.5) is 0 Å². The normalized spacial score (nSPS) is 36.0. The number of amides is 2. The van der Waals surface area contributed by atoms with Crippen molar-refractivity contribution in [2.24, 2.45) is 69.0 Å². The molecule has 9 rings (SSSR count). The van der Waals surface area contributed by atoms with Crippen molar-refractivity contribution in [3.63, 3.8) is 0 Å².